The molecule has 4 atom stereocenters. The van der Waals surface area contributed by atoms with E-state index in [2.05, 4.69) is 10.6 Å². The summed E-state index contributed by atoms with van der Waals surface area (Å²) >= 11 is 0. The maximum Gasteiger partial charge on any atom is 0.328 e. The third-order valence-corrected chi connectivity index (χ3v) is 3.62. The number of nitrogens with one attached hydrogen (secondary N) is 3. The fraction of sp³-hybridized carbons (Fsp3) is 0.688. The summed E-state index contributed by atoms with van der Waals surface area (Å²) in [4.78, 5) is 58.1. The first kappa shape index (κ1) is 25.3. The van der Waals surface area contributed by atoms with Crippen LogP contribution >= 0.6 is 0 Å². The van der Waals surface area contributed by atoms with Gasteiger partial charge >= 0.3 is 11.9 Å². The molecule has 0 aromatic carbocycles. The lowest BCUT2D eigenvalue weighted by atomic mass is 10.0. The van der Waals surface area contributed by atoms with E-state index >= 15 is 0 Å². The van der Waals surface area contributed by atoms with E-state index < -0.39 is 66.9 Å². The van der Waals surface area contributed by atoms with Gasteiger partial charge in [-0.3, -0.25) is 19.2 Å². The molecule has 0 aliphatic rings. The third kappa shape index (κ3) is 9.28. The largest absolute Gasteiger partial charge is 0.481 e. The highest BCUT2D eigenvalue weighted by atomic mass is 16.4. The molecule has 160 valence electrons. The molecule has 0 aliphatic heterocycles. The summed E-state index contributed by atoms with van der Waals surface area (Å²) in [6.07, 6.45) is -0.440. The molecule has 0 bridgehead atoms. The fourth-order valence-electron chi connectivity index (χ4n) is 2.14. The van der Waals surface area contributed by atoms with Crippen LogP contribution in [-0.4, -0.2) is 75.8 Å². The van der Waals surface area contributed by atoms with Crippen molar-refractivity contribution in [1.82, 2.24) is 16.0 Å². The van der Waals surface area contributed by atoms with Gasteiger partial charge in [0.1, 0.15) is 18.1 Å². The van der Waals surface area contributed by atoms with E-state index in [1.807, 2.05) is 19.2 Å². The summed E-state index contributed by atoms with van der Waals surface area (Å²) in [5, 5.41) is 33.1. The molecule has 12 heteroatoms. The highest BCUT2D eigenvalue weighted by Gasteiger charge is 2.30. The van der Waals surface area contributed by atoms with Gasteiger partial charge < -0.3 is 37.0 Å². The van der Waals surface area contributed by atoms with E-state index in [4.69, 9.17) is 21.1 Å². The normalized spacial score (nSPS) is 15.1. The molecule has 0 rings (SSSR count). The molecule has 0 aliphatic carbocycles. The van der Waals surface area contributed by atoms with Crippen molar-refractivity contribution < 1.29 is 39.3 Å². The standard InChI is InChI=1S/C16H28N4O8/c1-7(2)4-9(17)14(25)18-8(3)13(24)19-10(5-12(22)23)15(26)20-11(6-21)16(27)28/h7-11,21H,4-6,17H2,1-3H3,(H,18,25)(H,19,24)(H,20,26)(H,22,23)(H,27,28). The van der Waals surface area contributed by atoms with E-state index in [1.54, 1.807) is 0 Å². The smallest absolute Gasteiger partial charge is 0.328 e. The first-order valence-electron chi connectivity index (χ1n) is 8.61. The Morgan fingerprint density at radius 1 is 0.857 bits per heavy atom. The molecular formula is C16H28N4O8. The van der Waals surface area contributed by atoms with E-state index in [-0.39, 0.29) is 5.92 Å². The molecule has 8 N–H and O–H groups in total. The molecule has 0 aromatic heterocycles. The topological polar surface area (TPSA) is 208 Å². The Labute approximate surface area is 161 Å². The molecule has 0 spiro atoms. The average Bonchev–Trinajstić information content (AvgIpc) is 2.57. The number of carbonyl (C=O) groups is 5. The first-order valence-corrected chi connectivity index (χ1v) is 8.61. The van der Waals surface area contributed by atoms with Crippen LogP contribution in [0.25, 0.3) is 0 Å². The van der Waals surface area contributed by atoms with Gasteiger partial charge in [0.05, 0.1) is 19.1 Å². The Morgan fingerprint density at radius 3 is 1.82 bits per heavy atom. The van der Waals surface area contributed by atoms with E-state index in [0.717, 1.165) is 0 Å². The van der Waals surface area contributed by atoms with Crippen molar-refractivity contribution in [3.63, 3.8) is 0 Å². The summed E-state index contributed by atoms with van der Waals surface area (Å²) in [6.45, 7) is 4.14. The number of aliphatic hydroxyl groups excluding tert-OH is 1. The molecule has 0 heterocycles. The minimum atomic E-state index is -1.66. The number of hydrogen-bond acceptors (Lipinski definition) is 7. The quantitative estimate of drug-likeness (QED) is 0.181. The SMILES string of the molecule is CC(C)CC(N)C(=O)NC(C)C(=O)NC(CC(=O)O)C(=O)NC(CO)C(=O)O. The molecular weight excluding hydrogens is 376 g/mol. The first-order chi connectivity index (χ1) is 12.9. The van der Waals surface area contributed by atoms with E-state index in [1.165, 1.54) is 6.92 Å². The van der Waals surface area contributed by atoms with Crippen LogP contribution in [0.15, 0.2) is 0 Å². The van der Waals surface area contributed by atoms with Crippen molar-refractivity contribution in [2.45, 2.75) is 57.8 Å². The summed E-state index contributed by atoms with van der Waals surface area (Å²) in [6, 6.07) is -5.23. The highest BCUT2D eigenvalue weighted by Crippen LogP contribution is 2.03. The van der Waals surface area contributed by atoms with Crippen LogP contribution in [0.3, 0.4) is 0 Å². The maximum absolute atomic E-state index is 12.2. The van der Waals surface area contributed by atoms with Gasteiger partial charge in [0.15, 0.2) is 0 Å². The summed E-state index contributed by atoms with van der Waals surface area (Å²) in [5.74, 6) is -5.35. The van der Waals surface area contributed by atoms with Gasteiger partial charge in [0.2, 0.25) is 17.7 Å². The molecule has 3 amide bonds. The van der Waals surface area contributed by atoms with Gasteiger partial charge in [-0.05, 0) is 19.3 Å². The van der Waals surface area contributed by atoms with Gasteiger partial charge in [-0.25, -0.2) is 4.79 Å². The second kappa shape index (κ2) is 11.9. The monoisotopic (exact) mass is 404 g/mol. The molecule has 0 radical (unpaired) electrons. The Hall–Kier alpha value is -2.73. The minimum Gasteiger partial charge on any atom is -0.481 e. The Kier molecular flexibility index (Phi) is 10.7. The van der Waals surface area contributed by atoms with Crippen molar-refractivity contribution in [1.29, 1.82) is 0 Å². The molecule has 28 heavy (non-hydrogen) atoms. The zero-order valence-electron chi connectivity index (χ0n) is 16.0. The molecule has 0 fully saturated rings. The minimum absolute atomic E-state index is 0.155. The van der Waals surface area contributed by atoms with E-state index in [9.17, 15) is 24.0 Å². The highest BCUT2D eigenvalue weighted by molar-refractivity contribution is 5.95. The number of carboxylic acid groups (broad SMARTS) is 2. The van der Waals surface area contributed by atoms with Gasteiger partial charge in [-0.2, -0.15) is 0 Å². The van der Waals surface area contributed by atoms with Crippen LogP contribution in [0.2, 0.25) is 0 Å². The Bertz CT molecular complexity index is 595. The zero-order chi connectivity index (χ0) is 22.0. The predicted octanol–water partition coefficient (Wildman–Crippen LogP) is -2.61. The van der Waals surface area contributed by atoms with E-state index in [0.29, 0.717) is 6.42 Å². The van der Waals surface area contributed by atoms with Gasteiger partial charge in [-0.15, -0.1) is 0 Å². The van der Waals surface area contributed by atoms with Crippen LogP contribution in [0, 0.1) is 5.92 Å². The number of hydrogen-bond donors (Lipinski definition) is 7. The number of rotatable bonds is 12. The number of aliphatic hydroxyl groups is 1. The average molecular weight is 404 g/mol. The Morgan fingerprint density at radius 2 is 1.39 bits per heavy atom. The van der Waals surface area contributed by atoms with Crippen molar-refractivity contribution in [2.75, 3.05) is 6.61 Å². The number of aliphatic carboxylic acids is 2. The molecule has 12 nitrogen and oxygen atoms in total. The second-order valence-corrected chi connectivity index (χ2v) is 6.71. The maximum atomic E-state index is 12.2. The Balaban J connectivity index is 5.00. The predicted molar refractivity (Wildman–Crippen MR) is 95.9 cm³/mol. The molecule has 0 saturated carbocycles. The second-order valence-electron chi connectivity index (χ2n) is 6.71. The summed E-state index contributed by atoms with van der Waals surface area (Å²) < 4.78 is 0. The molecule has 4 unspecified atom stereocenters. The van der Waals surface area contributed by atoms with Gasteiger partial charge in [0.25, 0.3) is 0 Å². The lowest BCUT2D eigenvalue weighted by Crippen LogP contribution is -2.57. The number of amides is 3. The lowest BCUT2D eigenvalue weighted by Gasteiger charge is -2.22. The van der Waals surface area contributed by atoms with Crippen molar-refractivity contribution in [3.8, 4) is 0 Å². The third-order valence-electron chi connectivity index (χ3n) is 3.62. The summed E-state index contributed by atoms with van der Waals surface area (Å²) in [5.41, 5.74) is 5.72. The van der Waals surface area contributed by atoms with Crippen molar-refractivity contribution >= 4 is 29.7 Å². The van der Waals surface area contributed by atoms with Crippen LogP contribution < -0.4 is 21.7 Å². The van der Waals surface area contributed by atoms with Crippen LogP contribution in [0.4, 0.5) is 0 Å². The van der Waals surface area contributed by atoms with Crippen molar-refractivity contribution in [2.24, 2.45) is 11.7 Å². The zero-order valence-corrected chi connectivity index (χ0v) is 16.0. The van der Waals surface area contributed by atoms with Crippen LogP contribution in [0.5, 0.6) is 0 Å². The van der Waals surface area contributed by atoms with Crippen LogP contribution in [0.1, 0.15) is 33.6 Å². The van der Waals surface area contributed by atoms with Gasteiger partial charge in [-0.1, -0.05) is 13.8 Å². The lowest BCUT2D eigenvalue weighted by molar-refractivity contribution is -0.144. The fourth-order valence-corrected chi connectivity index (χ4v) is 2.14. The molecule has 0 aromatic rings. The van der Waals surface area contributed by atoms with Crippen molar-refractivity contribution in [3.05, 3.63) is 0 Å². The van der Waals surface area contributed by atoms with Gasteiger partial charge in [0, 0.05) is 0 Å². The molecule has 0 saturated heterocycles. The number of carboxylic acids is 2. The van der Waals surface area contributed by atoms with Crippen LogP contribution in [-0.2, 0) is 24.0 Å². The number of nitrogens with two attached hydrogens (primary N) is 1. The number of carbonyl (C=O) groups excluding carboxylic acids is 3. The summed E-state index contributed by atoms with van der Waals surface area (Å²) in [7, 11) is 0.